The fourth-order valence-electron chi connectivity index (χ4n) is 2.52. The lowest BCUT2D eigenvalue weighted by atomic mass is 10.1. The molecule has 1 atom stereocenters. The van der Waals surface area contributed by atoms with Crippen molar-refractivity contribution in [2.45, 2.75) is 26.2 Å². The standard InChI is InChI=1S/C21H29N3O3/c1-16(27-20-7-5-6-19(12-20)26-4)13-23-21(22-2)24-14-17-8-10-18(11-9-17)15-25-3/h5-12,16H,13-15H2,1-4H3,(H2,22,23,24). The Morgan fingerprint density at radius 2 is 1.70 bits per heavy atom. The van der Waals surface area contributed by atoms with Gasteiger partial charge in [0.15, 0.2) is 5.96 Å². The van der Waals surface area contributed by atoms with Crippen LogP contribution in [0.25, 0.3) is 0 Å². The first kappa shape index (κ1) is 20.6. The third-order valence-corrected chi connectivity index (χ3v) is 3.95. The van der Waals surface area contributed by atoms with Gasteiger partial charge in [0, 0.05) is 26.8 Å². The quantitative estimate of drug-likeness (QED) is 0.524. The highest BCUT2D eigenvalue weighted by atomic mass is 16.5. The predicted octanol–water partition coefficient (Wildman–Crippen LogP) is 2.97. The Hall–Kier alpha value is -2.73. The summed E-state index contributed by atoms with van der Waals surface area (Å²) in [6, 6.07) is 15.9. The second kappa shape index (κ2) is 11.1. The number of guanidine groups is 1. The lowest BCUT2D eigenvalue weighted by molar-refractivity contribution is 0.185. The minimum atomic E-state index is -0.0241. The van der Waals surface area contributed by atoms with Crippen LogP contribution >= 0.6 is 0 Å². The smallest absolute Gasteiger partial charge is 0.191 e. The van der Waals surface area contributed by atoms with Crippen LogP contribution in [0.2, 0.25) is 0 Å². The van der Waals surface area contributed by atoms with Gasteiger partial charge in [0.25, 0.3) is 0 Å². The summed E-state index contributed by atoms with van der Waals surface area (Å²) in [4.78, 5) is 4.26. The van der Waals surface area contributed by atoms with Gasteiger partial charge in [-0.3, -0.25) is 4.99 Å². The van der Waals surface area contributed by atoms with Gasteiger partial charge in [-0.15, -0.1) is 0 Å². The van der Waals surface area contributed by atoms with Gasteiger partial charge in [-0.1, -0.05) is 30.3 Å². The number of hydrogen-bond donors (Lipinski definition) is 2. The Morgan fingerprint density at radius 1 is 1.00 bits per heavy atom. The highest BCUT2D eigenvalue weighted by Crippen LogP contribution is 2.19. The van der Waals surface area contributed by atoms with E-state index < -0.39 is 0 Å². The lowest BCUT2D eigenvalue weighted by Gasteiger charge is -2.18. The van der Waals surface area contributed by atoms with E-state index in [4.69, 9.17) is 14.2 Å². The lowest BCUT2D eigenvalue weighted by Crippen LogP contribution is -2.41. The van der Waals surface area contributed by atoms with Crippen molar-refractivity contribution in [2.24, 2.45) is 4.99 Å². The van der Waals surface area contributed by atoms with Gasteiger partial charge < -0.3 is 24.8 Å². The van der Waals surface area contributed by atoms with Crippen LogP contribution in [-0.4, -0.2) is 39.9 Å². The molecule has 0 aliphatic heterocycles. The summed E-state index contributed by atoms with van der Waals surface area (Å²) >= 11 is 0. The second-order valence-electron chi connectivity index (χ2n) is 6.16. The van der Waals surface area contributed by atoms with E-state index in [2.05, 4.69) is 39.9 Å². The molecule has 2 aromatic carbocycles. The molecule has 2 rings (SSSR count). The Balaban J connectivity index is 1.77. The fourth-order valence-corrected chi connectivity index (χ4v) is 2.52. The molecule has 0 bridgehead atoms. The van der Waals surface area contributed by atoms with Crippen LogP contribution in [0.15, 0.2) is 53.5 Å². The molecule has 146 valence electrons. The summed E-state index contributed by atoms with van der Waals surface area (Å²) in [7, 11) is 5.10. The number of rotatable bonds is 9. The molecule has 0 heterocycles. The first-order chi connectivity index (χ1) is 13.1. The van der Waals surface area contributed by atoms with Gasteiger partial charge in [-0.2, -0.15) is 0 Å². The monoisotopic (exact) mass is 371 g/mol. The Kier molecular flexibility index (Phi) is 8.45. The Morgan fingerprint density at radius 3 is 2.37 bits per heavy atom. The highest BCUT2D eigenvalue weighted by molar-refractivity contribution is 5.79. The zero-order chi connectivity index (χ0) is 19.5. The van der Waals surface area contributed by atoms with Gasteiger partial charge >= 0.3 is 0 Å². The maximum Gasteiger partial charge on any atom is 0.191 e. The van der Waals surface area contributed by atoms with Gasteiger partial charge in [0.1, 0.15) is 17.6 Å². The number of aliphatic imine (C=N–C) groups is 1. The number of ether oxygens (including phenoxy) is 3. The van der Waals surface area contributed by atoms with Crippen LogP contribution in [-0.2, 0) is 17.9 Å². The Bertz CT molecular complexity index is 717. The molecule has 0 aromatic heterocycles. The number of benzene rings is 2. The molecular formula is C21H29N3O3. The highest BCUT2D eigenvalue weighted by Gasteiger charge is 2.07. The molecule has 0 spiro atoms. The van der Waals surface area contributed by atoms with Crippen molar-refractivity contribution in [1.29, 1.82) is 0 Å². The second-order valence-corrected chi connectivity index (χ2v) is 6.16. The average Bonchev–Trinajstić information content (AvgIpc) is 2.69. The van der Waals surface area contributed by atoms with E-state index in [0.29, 0.717) is 19.7 Å². The summed E-state index contributed by atoms with van der Waals surface area (Å²) in [6.07, 6.45) is -0.0241. The fraction of sp³-hybridized carbons (Fsp3) is 0.381. The summed E-state index contributed by atoms with van der Waals surface area (Å²) in [6.45, 7) is 3.96. The molecule has 6 heteroatoms. The molecular weight excluding hydrogens is 342 g/mol. The van der Waals surface area contributed by atoms with Crippen LogP contribution in [0.5, 0.6) is 11.5 Å². The Labute approximate surface area is 161 Å². The molecule has 2 N–H and O–H groups in total. The van der Waals surface area contributed by atoms with E-state index in [1.54, 1.807) is 21.3 Å². The normalized spacial score (nSPS) is 12.4. The zero-order valence-electron chi connectivity index (χ0n) is 16.5. The topological polar surface area (TPSA) is 64.1 Å². The van der Waals surface area contributed by atoms with Crippen LogP contribution in [0.3, 0.4) is 0 Å². The molecule has 0 fully saturated rings. The SMILES string of the molecule is CN=C(NCc1ccc(COC)cc1)NCC(C)Oc1cccc(OC)c1. The van der Waals surface area contributed by atoms with Crippen molar-refractivity contribution in [1.82, 2.24) is 10.6 Å². The van der Waals surface area contributed by atoms with E-state index in [-0.39, 0.29) is 6.10 Å². The van der Waals surface area contributed by atoms with Crippen molar-refractivity contribution in [3.8, 4) is 11.5 Å². The minimum Gasteiger partial charge on any atom is -0.497 e. The third-order valence-electron chi connectivity index (χ3n) is 3.95. The number of hydrogen-bond acceptors (Lipinski definition) is 4. The largest absolute Gasteiger partial charge is 0.497 e. The molecule has 0 saturated heterocycles. The number of methoxy groups -OCH3 is 2. The van der Waals surface area contributed by atoms with Crippen LogP contribution in [0, 0.1) is 0 Å². The summed E-state index contributed by atoms with van der Waals surface area (Å²) < 4.78 is 16.3. The minimum absolute atomic E-state index is 0.0241. The summed E-state index contributed by atoms with van der Waals surface area (Å²) in [5.74, 6) is 2.29. The molecule has 0 aliphatic carbocycles. The van der Waals surface area contributed by atoms with Gasteiger partial charge in [-0.25, -0.2) is 0 Å². The van der Waals surface area contributed by atoms with E-state index in [0.717, 1.165) is 23.0 Å². The zero-order valence-corrected chi connectivity index (χ0v) is 16.5. The van der Waals surface area contributed by atoms with Gasteiger partial charge in [0.05, 0.1) is 20.3 Å². The summed E-state index contributed by atoms with van der Waals surface area (Å²) in [5, 5.41) is 6.59. The van der Waals surface area contributed by atoms with Crippen LogP contribution in [0.1, 0.15) is 18.1 Å². The van der Waals surface area contributed by atoms with Crippen molar-refractivity contribution in [2.75, 3.05) is 27.8 Å². The van der Waals surface area contributed by atoms with Crippen LogP contribution in [0.4, 0.5) is 0 Å². The van der Waals surface area contributed by atoms with Crippen molar-refractivity contribution in [3.05, 3.63) is 59.7 Å². The van der Waals surface area contributed by atoms with Crippen molar-refractivity contribution < 1.29 is 14.2 Å². The molecule has 27 heavy (non-hydrogen) atoms. The maximum absolute atomic E-state index is 5.91. The molecule has 0 amide bonds. The molecule has 2 aromatic rings. The van der Waals surface area contributed by atoms with Gasteiger partial charge in [-0.05, 0) is 30.2 Å². The van der Waals surface area contributed by atoms with Crippen molar-refractivity contribution in [3.63, 3.8) is 0 Å². The number of nitrogens with zero attached hydrogens (tertiary/aromatic N) is 1. The average molecular weight is 371 g/mol. The van der Waals surface area contributed by atoms with E-state index in [9.17, 15) is 0 Å². The van der Waals surface area contributed by atoms with Crippen molar-refractivity contribution >= 4 is 5.96 Å². The van der Waals surface area contributed by atoms with Gasteiger partial charge in [0.2, 0.25) is 0 Å². The first-order valence-corrected chi connectivity index (χ1v) is 8.96. The molecule has 0 aliphatic rings. The van der Waals surface area contributed by atoms with E-state index in [1.807, 2.05) is 31.2 Å². The molecule has 0 radical (unpaired) electrons. The molecule has 6 nitrogen and oxygen atoms in total. The third kappa shape index (κ3) is 7.19. The first-order valence-electron chi connectivity index (χ1n) is 8.96. The predicted molar refractivity (Wildman–Crippen MR) is 108 cm³/mol. The van der Waals surface area contributed by atoms with E-state index in [1.165, 1.54) is 5.56 Å². The number of nitrogens with one attached hydrogen (secondary N) is 2. The molecule has 1 unspecified atom stereocenters. The molecule has 0 saturated carbocycles. The maximum atomic E-state index is 5.91. The van der Waals surface area contributed by atoms with E-state index >= 15 is 0 Å². The summed E-state index contributed by atoms with van der Waals surface area (Å²) in [5.41, 5.74) is 2.34. The van der Waals surface area contributed by atoms with Crippen LogP contribution < -0.4 is 20.1 Å².